The smallest absolute Gasteiger partial charge is 0.345 e. The normalized spacial score (nSPS) is 16.7. The third-order valence-electron chi connectivity index (χ3n) is 2.76. The molecular formula is C12H10N2O5. The molecule has 0 spiro atoms. The quantitative estimate of drug-likeness (QED) is 0.879. The molecule has 0 saturated carbocycles. The van der Waals surface area contributed by atoms with Crippen molar-refractivity contribution in [2.24, 2.45) is 0 Å². The molecule has 0 amide bonds. The number of rotatable bonds is 4. The Hall–Kier alpha value is -2.57. The summed E-state index contributed by atoms with van der Waals surface area (Å²) in [6, 6.07) is 5.22. The largest absolute Gasteiger partial charge is 0.485 e. The van der Waals surface area contributed by atoms with Crippen molar-refractivity contribution in [1.82, 2.24) is 10.1 Å². The van der Waals surface area contributed by atoms with E-state index in [9.17, 15) is 4.79 Å². The Morgan fingerprint density at radius 2 is 2.42 bits per heavy atom. The van der Waals surface area contributed by atoms with Gasteiger partial charge in [0.15, 0.2) is 12.7 Å². The number of carbonyl (C=O) groups is 1. The molecule has 1 aromatic heterocycles. The van der Waals surface area contributed by atoms with Crippen molar-refractivity contribution in [1.29, 1.82) is 0 Å². The summed E-state index contributed by atoms with van der Waals surface area (Å²) >= 11 is 0. The fourth-order valence-electron chi connectivity index (χ4n) is 1.84. The van der Waals surface area contributed by atoms with Gasteiger partial charge < -0.3 is 19.1 Å². The first-order valence-electron chi connectivity index (χ1n) is 5.63. The second-order valence-corrected chi connectivity index (χ2v) is 4.05. The predicted molar refractivity (Wildman–Crippen MR) is 60.8 cm³/mol. The lowest BCUT2D eigenvalue weighted by atomic mass is 10.1. The molecule has 1 aliphatic heterocycles. The molecule has 1 N–H and O–H groups in total. The summed E-state index contributed by atoms with van der Waals surface area (Å²) in [5.41, 5.74) is 0.860. The van der Waals surface area contributed by atoms with Crippen LogP contribution in [0.4, 0.5) is 0 Å². The highest BCUT2D eigenvalue weighted by Gasteiger charge is 2.28. The number of carboxylic acids is 1. The fourth-order valence-corrected chi connectivity index (χ4v) is 1.84. The highest BCUT2D eigenvalue weighted by molar-refractivity contribution is 5.74. The van der Waals surface area contributed by atoms with Crippen LogP contribution in [0.2, 0.25) is 0 Å². The monoisotopic (exact) mass is 262 g/mol. The highest BCUT2D eigenvalue weighted by Crippen LogP contribution is 2.32. The highest BCUT2D eigenvalue weighted by atomic mass is 16.5. The van der Waals surface area contributed by atoms with Crippen LogP contribution in [0.5, 0.6) is 11.5 Å². The number of benzene rings is 1. The first kappa shape index (κ1) is 11.5. The molecule has 1 aromatic carbocycles. The zero-order chi connectivity index (χ0) is 13.2. The molecule has 0 fully saturated rings. The summed E-state index contributed by atoms with van der Waals surface area (Å²) in [6.07, 6.45) is 0.778. The van der Waals surface area contributed by atoms with E-state index in [-0.39, 0.29) is 6.61 Å². The van der Waals surface area contributed by atoms with Crippen LogP contribution >= 0.6 is 0 Å². The van der Waals surface area contributed by atoms with Crippen LogP contribution < -0.4 is 9.47 Å². The van der Waals surface area contributed by atoms with Crippen molar-refractivity contribution < 1.29 is 23.9 Å². The first-order valence-corrected chi connectivity index (χ1v) is 5.63. The summed E-state index contributed by atoms with van der Waals surface area (Å²) in [4.78, 5) is 14.7. The van der Waals surface area contributed by atoms with E-state index < -0.39 is 12.1 Å². The van der Waals surface area contributed by atoms with Gasteiger partial charge in [-0.2, -0.15) is 4.98 Å². The fraction of sp³-hybridized carbons (Fsp3) is 0.250. The minimum Gasteiger partial charge on any atom is -0.485 e. The lowest BCUT2D eigenvalue weighted by molar-refractivity contribution is -0.144. The van der Waals surface area contributed by atoms with Gasteiger partial charge in [-0.15, -0.1) is 0 Å². The van der Waals surface area contributed by atoms with Gasteiger partial charge in [0.2, 0.25) is 12.2 Å². The molecule has 0 saturated heterocycles. The third-order valence-corrected chi connectivity index (χ3v) is 2.76. The Morgan fingerprint density at radius 1 is 1.53 bits per heavy atom. The second kappa shape index (κ2) is 4.60. The predicted octanol–water partition coefficient (Wildman–Crippen LogP) is 1.04. The van der Waals surface area contributed by atoms with Crippen LogP contribution in [-0.2, 0) is 17.8 Å². The van der Waals surface area contributed by atoms with Crippen LogP contribution in [0.25, 0.3) is 0 Å². The number of aliphatic carboxylic acids is 1. The molecule has 1 atom stereocenters. The van der Waals surface area contributed by atoms with E-state index in [1.54, 1.807) is 18.2 Å². The van der Waals surface area contributed by atoms with E-state index in [1.165, 1.54) is 6.39 Å². The molecule has 0 aliphatic carbocycles. The second-order valence-electron chi connectivity index (χ2n) is 4.05. The van der Waals surface area contributed by atoms with Crippen molar-refractivity contribution in [2.75, 3.05) is 0 Å². The van der Waals surface area contributed by atoms with Gasteiger partial charge in [0, 0.05) is 12.5 Å². The molecule has 2 aromatic rings. The standard InChI is InChI=1S/C12H10N2O5/c15-12(16)10-3-7-1-2-8(4-9(7)19-10)17-5-11-13-6-18-14-11/h1-2,4,6,10H,3,5H2,(H,15,16). The SMILES string of the molecule is O=C(O)C1Cc2ccc(OCc3ncon3)cc2O1. The van der Waals surface area contributed by atoms with E-state index in [0.717, 1.165) is 5.56 Å². The van der Waals surface area contributed by atoms with Crippen LogP contribution in [0.15, 0.2) is 29.1 Å². The zero-order valence-corrected chi connectivity index (χ0v) is 9.78. The van der Waals surface area contributed by atoms with E-state index in [1.807, 2.05) is 0 Å². The first-order chi connectivity index (χ1) is 9.22. The molecule has 1 aliphatic rings. The Morgan fingerprint density at radius 3 is 3.16 bits per heavy atom. The van der Waals surface area contributed by atoms with Crippen LogP contribution in [0, 0.1) is 0 Å². The Bertz CT molecular complexity index is 596. The maximum absolute atomic E-state index is 10.9. The molecule has 1 unspecified atom stereocenters. The summed E-state index contributed by atoms with van der Waals surface area (Å²) in [5.74, 6) is 0.572. The van der Waals surface area contributed by atoms with Crippen LogP contribution in [-0.4, -0.2) is 27.3 Å². The molecule has 7 nitrogen and oxygen atoms in total. The van der Waals surface area contributed by atoms with E-state index in [0.29, 0.717) is 23.7 Å². The lowest BCUT2D eigenvalue weighted by Crippen LogP contribution is -2.24. The van der Waals surface area contributed by atoms with Gasteiger partial charge in [-0.05, 0) is 11.6 Å². The van der Waals surface area contributed by atoms with Crippen LogP contribution in [0.3, 0.4) is 0 Å². The Balaban J connectivity index is 1.69. The third kappa shape index (κ3) is 2.35. The molecule has 7 heteroatoms. The van der Waals surface area contributed by atoms with Crippen molar-refractivity contribution in [3.05, 3.63) is 36.0 Å². The van der Waals surface area contributed by atoms with Gasteiger partial charge >= 0.3 is 5.97 Å². The number of fused-ring (bicyclic) bond motifs is 1. The van der Waals surface area contributed by atoms with E-state index in [2.05, 4.69) is 14.7 Å². The van der Waals surface area contributed by atoms with Gasteiger partial charge in [0.05, 0.1) is 0 Å². The Labute approximate surface area is 107 Å². The number of carboxylic acid groups (broad SMARTS) is 1. The van der Waals surface area contributed by atoms with Gasteiger partial charge in [0.1, 0.15) is 11.5 Å². The minimum absolute atomic E-state index is 0.178. The summed E-state index contributed by atoms with van der Waals surface area (Å²) in [6.45, 7) is 0.178. The number of ether oxygens (including phenoxy) is 2. The van der Waals surface area contributed by atoms with Gasteiger partial charge in [0.25, 0.3) is 0 Å². The van der Waals surface area contributed by atoms with Gasteiger partial charge in [-0.3, -0.25) is 0 Å². The average Bonchev–Trinajstić information content (AvgIpc) is 3.04. The summed E-state index contributed by atoms with van der Waals surface area (Å²) < 4.78 is 15.4. The number of aromatic nitrogens is 2. The van der Waals surface area contributed by atoms with Gasteiger partial charge in [-0.25, -0.2) is 4.79 Å². The van der Waals surface area contributed by atoms with E-state index in [4.69, 9.17) is 14.6 Å². The van der Waals surface area contributed by atoms with Crippen molar-refractivity contribution in [2.45, 2.75) is 19.1 Å². The molecular weight excluding hydrogens is 252 g/mol. The maximum Gasteiger partial charge on any atom is 0.345 e. The zero-order valence-electron chi connectivity index (χ0n) is 9.78. The van der Waals surface area contributed by atoms with Gasteiger partial charge in [-0.1, -0.05) is 11.2 Å². The average molecular weight is 262 g/mol. The number of nitrogens with zero attached hydrogens (tertiary/aromatic N) is 2. The lowest BCUT2D eigenvalue weighted by Gasteiger charge is -2.06. The summed E-state index contributed by atoms with van der Waals surface area (Å²) in [5, 5.41) is 12.5. The number of hydrogen-bond donors (Lipinski definition) is 1. The molecule has 98 valence electrons. The van der Waals surface area contributed by atoms with Crippen molar-refractivity contribution >= 4 is 5.97 Å². The molecule has 2 heterocycles. The molecule has 3 rings (SSSR count). The molecule has 0 radical (unpaired) electrons. The molecule has 19 heavy (non-hydrogen) atoms. The van der Waals surface area contributed by atoms with Crippen molar-refractivity contribution in [3.63, 3.8) is 0 Å². The van der Waals surface area contributed by atoms with E-state index >= 15 is 0 Å². The maximum atomic E-state index is 10.9. The molecule has 0 bridgehead atoms. The van der Waals surface area contributed by atoms with Crippen molar-refractivity contribution in [3.8, 4) is 11.5 Å². The topological polar surface area (TPSA) is 94.7 Å². The Kier molecular flexibility index (Phi) is 2.79. The summed E-state index contributed by atoms with van der Waals surface area (Å²) in [7, 11) is 0. The minimum atomic E-state index is -0.967. The van der Waals surface area contributed by atoms with Crippen LogP contribution in [0.1, 0.15) is 11.4 Å². The number of hydrogen-bond acceptors (Lipinski definition) is 6.